The van der Waals surface area contributed by atoms with Crippen molar-refractivity contribution in [3.63, 3.8) is 0 Å². The molecule has 0 aliphatic carbocycles. The molecule has 0 bridgehead atoms. The molecule has 0 unspecified atom stereocenters. The number of rotatable bonds is 19. The monoisotopic (exact) mass is 482 g/mol. The fourth-order valence-corrected chi connectivity index (χ4v) is 4.25. The maximum absolute atomic E-state index is 6.20. The van der Waals surface area contributed by atoms with Crippen LogP contribution >= 0.6 is 23.2 Å². The van der Waals surface area contributed by atoms with E-state index in [0.29, 0.717) is 13.2 Å². The molecule has 0 N–H and O–H groups in total. The maximum Gasteiger partial charge on any atom is 0.169 e. The minimum Gasteiger partial charge on any atom is -0.493 e. The summed E-state index contributed by atoms with van der Waals surface area (Å²) in [5.41, 5.74) is 0. The molecule has 2 aromatic carbocycles. The normalized spacial score (nSPS) is 11.1. The van der Waals surface area contributed by atoms with Crippen LogP contribution in [0.3, 0.4) is 0 Å². The van der Waals surface area contributed by atoms with Crippen LogP contribution in [0, 0.1) is 0 Å². The topological polar surface area (TPSA) is 27.7 Å². The van der Waals surface area contributed by atoms with Crippen LogP contribution in [0.1, 0.15) is 77.0 Å². The van der Waals surface area contributed by atoms with Crippen LogP contribution in [-0.4, -0.2) is 32.1 Å². The van der Waals surface area contributed by atoms with E-state index in [1.165, 1.54) is 51.4 Å². The second kappa shape index (κ2) is 17.2. The molecule has 0 radical (unpaired) electrons. The summed E-state index contributed by atoms with van der Waals surface area (Å²) in [6.45, 7) is 1.41. The lowest BCUT2D eigenvalue weighted by atomic mass is 10.1. The summed E-state index contributed by atoms with van der Waals surface area (Å²) in [6, 6.07) is 10.2. The van der Waals surface area contributed by atoms with Crippen molar-refractivity contribution in [1.29, 1.82) is 0 Å². The van der Waals surface area contributed by atoms with Crippen molar-refractivity contribution in [2.24, 2.45) is 0 Å². The van der Waals surface area contributed by atoms with Gasteiger partial charge in [0.25, 0.3) is 0 Å². The van der Waals surface area contributed by atoms with E-state index in [4.69, 9.17) is 37.4 Å². The van der Waals surface area contributed by atoms with E-state index in [-0.39, 0.29) is 0 Å². The number of hydrogen-bond acceptors (Lipinski definition) is 3. The largest absolute Gasteiger partial charge is 0.493 e. The lowest BCUT2D eigenvalue weighted by Crippen LogP contribution is -2.03. The molecule has 0 saturated carbocycles. The molecule has 5 heteroatoms. The molecule has 0 atom stereocenters. The Morgan fingerprint density at radius 2 is 1.09 bits per heavy atom. The molecule has 0 aromatic heterocycles. The summed E-state index contributed by atoms with van der Waals surface area (Å²) in [6.07, 6.45) is 14.1. The lowest BCUT2D eigenvalue weighted by molar-refractivity contribution is 0.283. The minimum absolute atomic E-state index is 0.694. The predicted octanol–water partition coefficient (Wildman–Crippen LogP) is 8.76. The van der Waals surface area contributed by atoms with E-state index < -0.39 is 0 Å². The smallest absolute Gasteiger partial charge is 0.169 e. The first kappa shape index (κ1) is 26.9. The highest BCUT2D eigenvalue weighted by Gasteiger charge is 2.15. The van der Waals surface area contributed by atoms with Crippen LogP contribution in [0.5, 0.6) is 17.2 Å². The van der Waals surface area contributed by atoms with E-state index >= 15 is 0 Å². The first-order valence-electron chi connectivity index (χ1n) is 12.3. The molecule has 0 heterocycles. The molecular formula is C27H40Cl2O3. The van der Waals surface area contributed by atoms with Crippen LogP contribution in [0.2, 0.25) is 0 Å². The van der Waals surface area contributed by atoms with E-state index in [0.717, 1.165) is 65.5 Å². The highest BCUT2D eigenvalue weighted by molar-refractivity contribution is 6.18. The standard InChI is InChI=1S/C27H40Cl2O3/c1-30-26-22-25(31-20-14-8-4-2-6-12-18-28)23-16-10-11-17-24(23)27(26)32-21-15-9-5-3-7-13-19-29/h10-11,16-17,22H,2-9,12-15,18-21H2,1H3. The van der Waals surface area contributed by atoms with Crippen LogP contribution in [0.4, 0.5) is 0 Å². The number of ether oxygens (including phenoxy) is 3. The van der Waals surface area contributed by atoms with E-state index in [1.807, 2.05) is 18.2 Å². The second-order valence-electron chi connectivity index (χ2n) is 8.27. The van der Waals surface area contributed by atoms with Gasteiger partial charge in [-0.2, -0.15) is 0 Å². The summed E-state index contributed by atoms with van der Waals surface area (Å²) < 4.78 is 18.0. The van der Waals surface area contributed by atoms with Gasteiger partial charge in [-0.1, -0.05) is 75.6 Å². The fraction of sp³-hybridized carbons (Fsp3) is 0.630. The molecule has 0 fully saturated rings. The Labute approximate surface area is 204 Å². The molecule has 180 valence electrons. The van der Waals surface area contributed by atoms with Crippen molar-refractivity contribution in [2.75, 3.05) is 32.1 Å². The fourth-order valence-electron chi connectivity index (χ4n) is 3.87. The van der Waals surface area contributed by atoms with Gasteiger partial charge in [-0.05, 0) is 25.7 Å². The van der Waals surface area contributed by atoms with E-state index in [9.17, 15) is 0 Å². The average molecular weight is 484 g/mol. The third kappa shape index (κ3) is 9.67. The van der Waals surface area contributed by atoms with Gasteiger partial charge < -0.3 is 14.2 Å². The zero-order valence-electron chi connectivity index (χ0n) is 19.7. The molecular weight excluding hydrogens is 443 g/mol. The SMILES string of the molecule is COc1cc(OCCCCCCCCCl)c2ccccc2c1OCCCCCCCCCl. The number of fused-ring (bicyclic) bond motifs is 1. The Morgan fingerprint density at radius 3 is 1.66 bits per heavy atom. The number of benzene rings is 2. The molecule has 0 aliphatic heterocycles. The van der Waals surface area contributed by atoms with E-state index in [1.54, 1.807) is 7.11 Å². The summed E-state index contributed by atoms with van der Waals surface area (Å²) in [7, 11) is 1.69. The molecule has 2 rings (SSSR count). The Hall–Kier alpha value is -1.32. The van der Waals surface area contributed by atoms with Crippen molar-refractivity contribution in [3.05, 3.63) is 30.3 Å². The summed E-state index contributed by atoms with van der Waals surface area (Å²) >= 11 is 11.5. The van der Waals surface area contributed by atoms with E-state index in [2.05, 4.69) is 12.1 Å². The Balaban J connectivity index is 1.89. The van der Waals surface area contributed by atoms with Gasteiger partial charge in [0.1, 0.15) is 5.75 Å². The van der Waals surface area contributed by atoms with Gasteiger partial charge in [0.15, 0.2) is 11.5 Å². The predicted molar refractivity (Wildman–Crippen MR) is 138 cm³/mol. The zero-order chi connectivity index (χ0) is 22.9. The molecule has 3 nitrogen and oxygen atoms in total. The van der Waals surface area contributed by atoms with Gasteiger partial charge in [0, 0.05) is 28.6 Å². The van der Waals surface area contributed by atoms with Crippen LogP contribution in [-0.2, 0) is 0 Å². The number of unbranched alkanes of at least 4 members (excludes halogenated alkanes) is 10. The van der Waals surface area contributed by atoms with Crippen molar-refractivity contribution >= 4 is 34.0 Å². The zero-order valence-corrected chi connectivity index (χ0v) is 21.2. The van der Waals surface area contributed by atoms with Gasteiger partial charge in [0.2, 0.25) is 0 Å². The number of methoxy groups -OCH3 is 1. The number of halogens is 2. The van der Waals surface area contributed by atoms with Crippen molar-refractivity contribution in [2.45, 2.75) is 77.0 Å². The Kier molecular flexibility index (Phi) is 14.5. The number of hydrogen-bond donors (Lipinski definition) is 0. The maximum atomic E-state index is 6.20. The Bertz CT molecular complexity index is 751. The van der Waals surface area contributed by atoms with Gasteiger partial charge in [-0.25, -0.2) is 0 Å². The molecule has 32 heavy (non-hydrogen) atoms. The second-order valence-corrected chi connectivity index (χ2v) is 9.03. The minimum atomic E-state index is 0.694. The summed E-state index contributed by atoms with van der Waals surface area (Å²) in [5, 5.41) is 2.12. The van der Waals surface area contributed by atoms with Gasteiger partial charge >= 0.3 is 0 Å². The molecule has 0 spiro atoms. The van der Waals surface area contributed by atoms with Gasteiger partial charge in [-0.15, -0.1) is 23.2 Å². The first-order valence-corrected chi connectivity index (χ1v) is 13.4. The average Bonchev–Trinajstić information content (AvgIpc) is 2.82. The molecule has 0 saturated heterocycles. The number of alkyl halides is 2. The van der Waals surface area contributed by atoms with Crippen LogP contribution in [0.25, 0.3) is 10.8 Å². The van der Waals surface area contributed by atoms with Crippen molar-refractivity contribution < 1.29 is 14.2 Å². The van der Waals surface area contributed by atoms with Gasteiger partial charge in [-0.3, -0.25) is 0 Å². The highest BCUT2D eigenvalue weighted by atomic mass is 35.5. The van der Waals surface area contributed by atoms with Crippen molar-refractivity contribution in [3.8, 4) is 17.2 Å². The van der Waals surface area contributed by atoms with Crippen molar-refractivity contribution in [1.82, 2.24) is 0 Å². The quantitative estimate of drug-likeness (QED) is 0.148. The molecule has 0 aliphatic rings. The van der Waals surface area contributed by atoms with Crippen LogP contribution in [0.15, 0.2) is 30.3 Å². The lowest BCUT2D eigenvalue weighted by Gasteiger charge is -2.17. The summed E-state index contributed by atoms with van der Waals surface area (Å²) in [5.74, 6) is 3.96. The summed E-state index contributed by atoms with van der Waals surface area (Å²) in [4.78, 5) is 0. The third-order valence-electron chi connectivity index (χ3n) is 5.70. The Morgan fingerprint density at radius 1 is 0.594 bits per heavy atom. The third-order valence-corrected chi connectivity index (χ3v) is 6.24. The first-order chi connectivity index (χ1) is 15.8. The van der Waals surface area contributed by atoms with Crippen LogP contribution < -0.4 is 14.2 Å². The highest BCUT2D eigenvalue weighted by Crippen LogP contribution is 2.41. The molecule has 0 amide bonds. The van der Waals surface area contributed by atoms with Gasteiger partial charge in [0.05, 0.1) is 20.3 Å². The molecule has 2 aromatic rings.